The highest BCUT2D eigenvalue weighted by Crippen LogP contribution is 2.59. The van der Waals surface area contributed by atoms with Crippen LogP contribution < -0.4 is 5.32 Å². The Labute approximate surface area is 209 Å². The first-order valence-corrected chi connectivity index (χ1v) is 12.0. The van der Waals surface area contributed by atoms with Crippen molar-refractivity contribution in [2.24, 2.45) is 11.8 Å². The van der Waals surface area contributed by atoms with Gasteiger partial charge in [-0.2, -0.15) is 0 Å². The molecule has 4 atom stereocenters. The van der Waals surface area contributed by atoms with Crippen LogP contribution in [0.3, 0.4) is 0 Å². The number of nitrogens with one attached hydrogen (secondary N) is 1. The van der Waals surface area contributed by atoms with Crippen molar-refractivity contribution in [3.63, 3.8) is 0 Å². The average Bonchev–Trinajstić information content (AvgIpc) is 3.16. The first-order valence-electron chi connectivity index (χ1n) is 12.0. The van der Waals surface area contributed by atoms with E-state index < -0.39 is 40.9 Å². The predicted octanol–water partition coefficient (Wildman–Crippen LogP) is 4.98. The minimum atomic E-state index is -1.57. The van der Waals surface area contributed by atoms with Crippen molar-refractivity contribution in [3.8, 4) is 0 Å². The second-order valence-corrected chi connectivity index (χ2v) is 9.22. The molecule has 182 valence electrons. The molecule has 0 saturated heterocycles. The fourth-order valence-corrected chi connectivity index (χ4v) is 5.99. The van der Waals surface area contributed by atoms with Crippen molar-refractivity contribution >= 4 is 23.9 Å². The molecule has 1 heterocycles. The Kier molecular flexibility index (Phi) is 6.27. The van der Waals surface area contributed by atoms with E-state index in [0.29, 0.717) is 28.8 Å². The zero-order valence-corrected chi connectivity index (χ0v) is 19.8. The van der Waals surface area contributed by atoms with E-state index in [1.165, 1.54) is 18.2 Å². The van der Waals surface area contributed by atoms with Crippen molar-refractivity contribution in [2.75, 3.05) is 11.9 Å². The third kappa shape index (κ3) is 3.73. The van der Waals surface area contributed by atoms with Gasteiger partial charge in [0.1, 0.15) is 17.5 Å². The third-order valence-corrected chi connectivity index (χ3v) is 7.29. The summed E-state index contributed by atoms with van der Waals surface area (Å²) < 4.78 is 20.3. The van der Waals surface area contributed by atoms with Crippen molar-refractivity contribution in [3.05, 3.63) is 113 Å². The van der Waals surface area contributed by atoms with E-state index in [9.17, 15) is 18.8 Å². The van der Waals surface area contributed by atoms with Gasteiger partial charge in [0, 0.05) is 11.6 Å². The molecule has 6 heteroatoms. The lowest BCUT2D eigenvalue weighted by molar-refractivity contribution is -0.156. The van der Waals surface area contributed by atoms with Crippen LogP contribution in [-0.4, -0.2) is 24.8 Å². The standard InChI is InChI=1S/C30H26FNO4/c1-2-36-28(34)27-21(15-19-9-5-3-6-10-19)16-22(18-33)26(20-11-7-4-8-12-20)30(27)24-17-23(31)13-14-25(24)32-29(30)35/h3-14,16-18,21,26-27H,2,15H2,1H3,(H,32,35). The van der Waals surface area contributed by atoms with Gasteiger partial charge in [0.2, 0.25) is 5.91 Å². The van der Waals surface area contributed by atoms with E-state index in [4.69, 9.17) is 4.74 Å². The summed E-state index contributed by atoms with van der Waals surface area (Å²) >= 11 is 0. The Hall–Kier alpha value is -4.06. The zero-order valence-electron chi connectivity index (χ0n) is 19.8. The van der Waals surface area contributed by atoms with Crippen LogP contribution >= 0.6 is 0 Å². The van der Waals surface area contributed by atoms with Gasteiger partial charge in [-0.3, -0.25) is 14.4 Å². The van der Waals surface area contributed by atoms with E-state index >= 15 is 0 Å². The number of allylic oxidation sites excluding steroid dienone is 2. The van der Waals surface area contributed by atoms with Crippen LogP contribution in [0.15, 0.2) is 90.5 Å². The summed E-state index contributed by atoms with van der Waals surface area (Å²) in [6.45, 7) is 1.84. The Morgan fingerprint density at radius 3 is 2.42 bits per heavy atom. The smallest absolute Gasteiger partial charge is 0.311 e. The number of carbonyl (C=O) groups excluding carboxylic acids is 3. The Morgan fingerprint density at radius 2 is 1.75 bits per heavy atom. The predicted molar refractivity (Wildman–Crippen MR) is 134 cm³/mol. The molecule has 0 radical (unpaired) electrons. The molecule has 3 aromatic rings. The van der Waals surface area contributed by atoms with E-state index in [2.05, 4.69) is 5.32 Å². The van der Waals surface area contributed by atoms with Gasteiger partial charge in [-0.05, 0) is 59.7 Å². The van der Waals surface area contributed by atoms with E-state index in [1.54, 1.807) is 13.0 Å². The van der Waals surface area contributed by atoms with Gasteiger partial charge >= 0.3 is 5.97 Å². The van der Waals surface area contributed by atoms with Crippen molar-refractivity contribution in [1.29, 1.82) is 0 Å². The van der Waals surface area contributed by atoms with Gasteiger partial charge < -0.3 is 10.1 Å². The quantitative estimate of drug-likeness (QED) is 0.397. The highest BCUT2D eigenvalue weighted by atomic mass is 19.1. The number of anilines is 1. The number of rotatable bonds is 6. The Balaban J connectivity index is 1.83. The minimum absolute atomic E-state index is 0.126. The fourth-order valence-electron chi connectivity index (χ4n) is 5.99. The maximum absolute atomic E-state index is 14.7. The minimum Gasteiger partial charge on any atom is -0.466 e. The van der Waals surface area contributed by atoms with Crippen LogP contribution in [0.2, 0.25) is 0 Å². The number of esters is 1. The van der Waals surface area contributed by atoms with Gasteiger partial charge in [-0.25, -0.2) is 4.39 Å². The molecule has 0 bridgehead atoms. The Bertz CT molecular complexity index is 1340. The number of fused-ring (bicyclic) bond motifs is 2. The summed E-state index contributed by atoms with van der Waals surface area (Å²) in [5.41, 5.74) is 1.25. The molecule has 1 amide bonds. The van der Waals surface area contributed by atoms with Gasteiger partial charge in [0.05, 0.1) is 12.5 Å². The zero-order chi connectivity index (χ0) is 25.3. The van der Waals surface area contributed by atoms with Gasteiger partial charge in [0.25, 0.3) is 0 Å². The maximum Gasteiger partial charge on any atom is 0.311 e. The Morgan fingerprint density at radius 1 is 1.06 bits per heavy atom. The monoisotopic (exact) mass is 483 g/mol. The molecule has 5 rings (SSSR count). The maximum atomic E-state index is 14.7. The van der Waals surface area contributed by atoms with Crippen LogP contribution in [0.25, 0.3) is 0 Å². The number of halogens is 1. The summed E-state index contributed by atoms with van der Waals surface area (Å²) in [7, 11) is 0. The largest absolute Gasteiger partial charge is 0.466 e. The number of hydrogen-bond donors (Lipinski definition) is 1. The highest BCUT2D eigenvalue weighted by Gasteiger charge is 2.64. The molecule has 1 spiro atoms. The molecule has 36 heavy (non-hydrogen) atoms. The van der Waals surface area contributed by atoms with Crippen molar-refractivity contribution < 1.29 is 23.5 Å². The number of hydrogen-bond acceptors (Lipinski definition) is 4. The summed E-state index contributed by atoms with van der Waals surface area (Å²) in [4.78, 5) is 40.4. The summed E-state index contributed by atoms with van der Waals surface area (Å²) in [6.07, 6.45) is 2.96. The van der Waals surface area contributed by atoms with Gasteiger partial charge in [-0.15, -0.1) is 0 Å². The summed E-state index contributed by atoms with van der Waals surface area (Å²) in [6, 6.07) is 22.8. The van der Waals surface area contributed by atoms with Crippen LogP contribution in [-0.2, 0) is 31.0 Å². The normalized spacial score (nSPS) is 24.6. The lowest BCUT2D eigenvalue weighted by atomic mass is 9.52. The number of carbonyl (C=O) groups is 3. The lowest BCUT2D eigenvalue weighted by Crippen LogP contribution is -2.56. The average molecular weight is 484 g/mol. The molecule has 0 aromatic heterocycles. The van der Waals surface area contributed by atoms with Crippen LogP contribution in [0, 0.1) is 17.7 Å². The second kappa shape index (κ2) is 9.53. The van der Waals surface area contributed by atoms with Crippen LogP contribution in [0.1, 0.15) is 29.5 Å². The van der Waals surface area contributed by atoms with Crippen molar-refractivity contribution in [1.82, 2.24) is 0 Å². The fraction of sp³-hybridized carbons (Fsp3) is 0.233. The molecule has 2 aliphatic rings. The molecule has 4 unspecified atom stereocenters. The molecule has 1 aliphatic carbocycles. The molecule has 3 aromatic carbocycles. The first kappa shape index (κ1) is 23.7. The molecule has 5 nitrogen and oxygen atoms in total. The second-order valence-electron chi connectivity index (χ2n) is 9.22. The van der Waals surface area contributed by atoms with Gasteiger partial charge in [-0.1, -0.05) is 66.7 Å². The molecule has 1 aliphatic heterocycles. The number of amides is 1. The van der Waals surface area contributed by atoms with Crippen LogP contribution in [0.5, 0.6) is 0 Å². The first-order chi connectivity index (χ1) is 17.5. The van der Waals surface area contributed by atoms with E-state index in [-0.39, 0.29) is 6.61 Å². The third-order valence-electron chi connectivity index (χ3n) is 7.29. The molecule has 0 saturated carbocycles. The molecular weight excluding hydrogens is 457 g/mol. The lowest BCUT2D eigenvalue weighted by Gasteiger charge is -2.47. The number of ether oxygens (including phenoxy) is 1. The topological polar surface area (TPSA) is 72.5 Å². The number of aldehydes is 1. The summed E-state index contributed by atoms with van der Waals surface area (Å²) in [5, 5.41) is 2.88. The highest BCUT2D eigenvalue weighted by molar-refractivity contribution is 6.11. The van der Waals surface area contributed by atoms with E-state index in [0.717, 1.165) is 11.8 Å². The SMILES string of the molecule is CCOC(=O)C1C(Cc2ccccc2)C=C(C=O)C(c2ccccc2)C12C(=O)Nc1ccc(F)cc12. The molecule has 1 N–H and O–H groups in total. The molecule has 0 fully saturated rings. The van der Waals surface area contributed by atoms with Gasteiger partial charge in [0.15, 0.2) is 0 Å². The van der Waals surface area contributed by atoms with Crippen LogP contribution in [0.4, 0.5) is 10.1 Å². The van der Waals surface area contributed by atoms with Crippen molar-refractivity contribution in [2.45, 2.75) is 24.7 Å². The van der Waals surface area contributed by atoms with E-state index in [1.807, 2.05) is 60.7 Å². The molecular formula is C30H26FNO4. The number of benzene rings is 3. The summed E-state index contributed by atoms with van der Waals surface area (Å²) in [5.74, 6) is -3.85.